The molecule has 8 nitrogen and oxygen atoms in total. The SMILES string of the molecule is COc1cc2c(cc1NC(=O)C/C(C)=N\NC(=O)OC(C)(C)C)oc1ccccc12. The Balaban J connectivity index is 1.72. The van der Waals surface area contributed by atoms with Gasteiger partial charge in [0.1, 0.15) is 22.5 Å². The van der Waals surface area contributed by atoms with Gasteiger partial charge in [0.25, 0.3) is 0 Å². The van der Waals surface area contributed by atoms with E-state index in [1.165, 1.54) is 7.11 Å². The zero-order valence-corrected chi connectivity index (χ0v) is 17.7. The maximum atomic E-state index is 12.5. The zero-order chi connectivity index (χ0) is 21.9. The van der Waals surface area contributed by atoms with Gasteiger partial charge in [-0.2, -0.15) is 5.10 Å². The number of hydrogen-bond donors (Lipinski definition) is 2. The molecule has 0 saturated carbocycles. The van der Waals surface area contributed by atoms with Crippen molar-refractivity contribution >= 4 is 45.3 Å². The van der Waals surface area contributed by atoms with Gasteiger partial charge in [0.2, 0.25) is 5.91 Å². The molecular weight excluding hydrogens is 386 g/mol. The van der Waals surface area contributed by atoms with Crippen molar-refractivity contribution in [3.05, 3.63) is 36.4 Å². The Bertz CT molecular complexity index is 1120. The number of amides is 2. The molecule has 2 N–H and O–H groups in total. The first kappa shape index (κ1) is 21.2. The molecule has 0 unspecified atom stereocenters. The molecule has 0 fully saturated rings. The second-order valence-electron chi connectivity index (χ2n) is 7.83. The van der Waals surface area contributed by atoms with E-state index in [0.717, 1.165) is 16.4 Å². The van der Waals surface area contributed by atoms with Crippen molar-refractivity contribution in [2.24, 2.45) is 5.10 Å². The van der Waals surface area contributed by atoms with Crippen molar-refractivity contribution < 1.29 is 23.5 Å². The van der Waals surface area contributed by atoms with Gasteiger partial charge in [-0.05, 0) is 39.8 Å². The third-order valence-corrected chi connectivity index (χ3v) is 4.13. The number of anilines is 1. The van der Waals surface area contributed by atoms with E-state index in [1.807, 2.05) is 30.3 Å². The van der Waals surface area contributed by atoms with Gasteiger partial charge in [0, 0.05) is 22.6 Å². The van der Waals surface area contributed by atoms with Crippen LogP contribution in [0, 0.1) is 0 Å². The van der Waals surface area contributed by atoms with Crippen molar-refractivity contribution in [1.29, 1.82) is 0 Å². The van der Waals surface area contributed by atoms with E-state index in [0.29, 0.717) is 22.7 Å². The second-order valence-corrected chi connectivity index (χ2v) is 7.83. The quantitative estimate of drug-likeness (QED) is 0.463. The lowest BCUT2D eigenvalue weighted by molar-refractivity contribution is -0.115. The lowest BCUT2D eigenvalue weighted by Gasteiger charge is -2.18. The molecule has 1 heterocycles. The summed E-state index contributed by atoms with van der Waals surface area (Å²) < 4.78 is 16.4. The Labute approximate surface area is 174 Å². The fraction of sp³-hybridized carbons (Fsp3) is 0.318. The summed E-state index contributed by atoms with van der Waals surface area (Å²) in [4.78, 5) is 24.1. The molecule has 0 aliphatic carbocycles. The number of fused-ring (bicyclic) bond motifs is 3. The van der Waals surface area contributed by atoms with Crippen LogP contribution in [0.2, 0.25) is 0 Å². The molecule has 0 bridgehead atoms. The van der Waals surface area contributed by atoms with Gasteiger partial charge >= 0.3 is 6.09 Å². The van der Waals surface area contributed by atoms with Crippen LogP contribution >= 0.6 is 0 Å². The van der Waals surface area contributed by atoms with Crippen molar-refractivity contribution in [3.8, 4) is 5.75 Å². The number of nitrogens with zero attached hydrogens (tertiary/aromatic N) is 1. The summed E-state index contributed by atoms with van der Waals surface area (Å²) in [7, 11) is 1.54. The molecule has 30 heavy (non-hydrogen) atoms. The topological polar surface area (TPSA) is 102 Å². The highest BCUT2D eigenvalue weighted by Gasteiger charge is 2.17. The van der Waals surface area contributed by atoms with E-state index < -0.39 is 11.7 Å². The summed E-state index contributed by atoms with van der Waals surface area (Å²) >= 11 is 0. The average Bonchev–Trinajstić information content (AvgIpc) is 3.01. The van der Waals surface area contributed by atoms with Crippen molar-refractivity contribution in [1.82, 2.24) is 5.43 Å². The summed E-state index contributed by atoms with van der Waals surface area (Å²) in [5.41, 5.74) is 3.96. The Kier molecular flexibility index (Phi) is 5.96. The molecule has 3 aromatic rings. The summed E-state index contributed by atoms with van der Waals surface area (Å²) in [6.07, 6.45) is -0.698. The van der Waals surface area contributed by atoms with Crippen LogP contribution in [-0.4, -0.2) is 30.4 Å². The highest BCUT2D eigenvalue weighted by atomic mass is 16.6. The van der Waals surface area contributed by atoms with Crippen LogP contribution in [-0.2, 0) is 9.53 Å². The number of carbonyl (C=O) groups is 2. The molecule has 0 atom stereocenters. The predicted octanol–water partition coefficient (Wildman–Crippen LogP) is 4.82. The van der Waals surface area contributed by atoms with Crippen molar-refractivity contribution in [3.63, 3.8) is 0 Å². The van der Waals surface area contributed by atoms with Crippen molar-refractivity contribution in [2.75, 3.05) is 12.4 Å². The first-order valence-electron chi connectivity index (χ1n) is 9.47. The highest BCUT2D eigenvalue weighted by molar-refractivity contribution is 6.10. The molecule has 3 rings (SSSR count). The third-order valence-electron chi connectivity index (χ3n) is 4.13. The van der Waals surface area contributed by atoms with Gasteiger partial charge in [0.15, 0.2) is 0 Å². The van der Waals surface area contributed by atoms with Crippen LogP contribution in [0.25, 0.3) is 21.9 Å². The van der Waals surface area contributed by atoms with Crippen LogP contribution < -0.4 is 15.5 Å². The number of furan rings is 1. The number of methoxy groups -OCH3 is 1. The van der Waals surface area contributed by atoms with Crippen LogP contribution in [0.3, 0.4) is 0 Å². The molecule has 0 aliphatic rings. The maximum absolute atomic E-state index is 12.5. The summed E-state index contributed by atoms with van der Waals surface area (Å²) in [6.45, 7) is 6.89. The van der Waals surface area contributed by atoms with E-state index in [1.54, 1.807) is 33.8 Å². The maximum Gasteiger partial charge on any atom is 0.428 e. The van der Waals surface area contributed by atoms with Crippen LogP contribution in [0.5, 0.6) is 5.75 Å². The highest BCUT2D eigenvalue weighted by Crippen LogP contribution is 2.36. The van der Waals surface area contributed by atoms with E-state index >= 15 is 0 Å². The largest absolute Gasteiger partial charge is 0.495 e. The molecule has 2 amide bonds. The molecule has 8 heteroatoms. The molecule has 0 spiro atoms. The van der Waals surface area contributed by atoms with Gasteiger partial charge in [-0.3, -0.25) is 4.79 Å². The van der Waals surface area contributed by atoms with Gasteiger partial charge in [0.05, 0.1) is 19.2 Å². The molecular formula is C22H25N3O5. The van der Waals surface area contributed by atoms with Gasteiger partial charge in [-0.25, -0.2) is 10.2 Å². The molecule has 0 saturated heterocycles. The first-order valence-corrected chi connectivity index (χ1v) is 9.47. The number of hydrogen-bond acceptors (Lipinski definition) is 6. The van der Waals surface area contributed by atoms with Gasteiger partial charge < -0.3 is 19.2 Å². The second kappa shape index (κ2) is 8.44. The molecule has 2 aromatic carbocycles. The minimum atomic E-state index is -0.681. The number of carbonyl (C=O) groups excluding carboxylic acids is 2. The molecule has 1 aromatic heterocycles. The van der Waals surface area contributed by atoms with Crippen LogP contribution in [0.4, 0.5) is 10.5 Å². The van der Waals surface area contributed by atoms with E-state index in [2.05, 4.69) is 15.8 Å². The summed E-state index contributed by atoms with van der Waals surface area (Å²) in [5, 5.41) is 8.57. The lowest BCUT2D eigenvalue weighted by atomic mass is 10.1. The summed E-state index contributed by atoms with van der Waals surface area (Å²) in [5.74, 6) is 0.208. The van der Waals surface area contributed by atoms with E-state index in [9.17, 15) is 9.59 Å². The van der Waals surface area contributed by atoms with Gasteiger partial charge in [-0.15, -0.1) is 0 Å². The fourth-order valence-corrected chi connectivity index (χ4v) is 2.93. The molecule has 0 radical (unpaired) electrons. The fourth-order valence-electron chi connectivity index (χ4n) is 2.93. The summed E-state index contributed by atoms with van der Waals surface area (Å²) in [6, 6.07) is 11.3. The normalized spacial score (nSPS) is 12.1. The number of hydrazone groups is 1. The third kappa shape index (κ3) is 5.08. The number of benzene rings is 2. The minimum Gasteiger partial charge on any atom is -0.495 e. The first-order chi connectivity index (χ1) is 14.2. The smallest absolute Gasteiger partial charge is 0.428 e. The van der Waals surface area contributed by atoms with Crippen LogP contribution in [0.15, 0.2) is 45.9 Å². The molecule has 0 aliphatic heterocycles. The van der Waals surface area contributed by atoms with Crippen molar-refractivity contribution in [2.45, 2.75) is 39.7 Å². The Morgan fingerprint density at radius 1 is 1.10 bits per heavy atom. The Morgan fingerprint density at radius 3 is 2.53 bits per heavy atom. The number of ether oxygens (including phenoxy) is 2. The zero-order valence-electron chi connectivity index (χ0n) is 17.7. The number of para-hydroxylation sites is 1. The van der Waals surface area contributed by atoms with E-state index in [-0.39, 0.29) is 12.3 Å². The number of rotatable bonds is 5. The van der Waals surface area contributed by atoms with E-state index in [4.69, 9.17) is 13.9 Å². The van der Waals surface area contributed by atoms with Crippen LogP contribution in [0.1, 0.15) is 34.1 Å². The minimum absolute atomic E-state index is 0.0167. The Hall–Kier alpha value is -3.55. The van der Waals surface area contributed by atoms with Gasteiger partial charge in [-0.1, -0.05) is 18.2 Å². The number of nitrogens with one attached hydrogen (secondary N) is 2. The average molecular weight is 411 g/mol. The standard InChI is InChI=1S/C22H25N3O5/c1-13(24-25-21(27)30-22(2,3)4)10-20(26)23-16-12-18-15(11-19(16)28-5)14-8-6-7-9-17(14)29-18/h6-9,11-12H,10H2,1-5H3,(H,23,26)(H,25,27)/b24-13-. The monoisotopic (exact) mass is 411 g/mol. The Morgan fingerprint density at radius 2 is 1.83 bits per heavy atom. The predicted molar refractivity (Wildman–Crippen MR) is 116 cm³/mol. The lowest BCUT2D eigenvalue weighted by Crippen LogP contribution is -2.30. The molecule has 158 valence electrons.